The third-order valence-electron chi connectivity index (χ3n) is 1.40. The fourth-order valence-electron chi connectivity index (χ4n) is 0.689. The summed E-state index contributed by atoms with van der Waals surface area (Å²) in [6.45, 7) is 0.837. The van der Waals surface area contributed by atoms with Gasteiger partial charge in [-0.25, -0.2) is 0 Å². The van der Waals surface area contributed by atoms with E-state index in [1.54, 1.807) is 0 Å². The molecule has 1 nitrogen and oxygen atoms in total. The molecule has 9 heavy (non-hydrogen) atoms. The Hall–Kier alpha value is 0.0500. The highest BCUT2D eigenvalue weighted by molar-refractivity contribution is 8.00. The van der Waals surface area contributed by atoms with Gasteiger partial charge in [0, 0.05) is 5.25 Å². The van der Waals surface area contributed by atoms with Crippen molar-refractivity contribution in [2.24, 2.45) is 5.73 Å². The maximum atomic E-state index is 5.34. The minimum Gasteiger partial charge on any atom is -0.330 e. The van der Waals surface area contributed by atoms with Crippen LogP contribution in [0.2, 0.25) is 0 Å². The highest BCUT2D eigenvalue weighted by Gasteiger charge is 2.08. The zero-order valence-corrected chi connectivity index (χ0v) is 6.36. The van der Waals surface area contributed by atoms with E-state index in [4.69, 9.17) is 5.73 Å². The number of rotatable bonds is 4. The second-order valence-electron chi connectivity index (χ2n) is 2.22. The van der Waals surface area contributed by atoms with Crippen molar-refractivity contribution in [1.82, 2.24) is 0 Å². The van der Waals surface area contributed by atoms with Crippen LogP contribution < -0.4 is 5.73 Å². The molecule has 0 saturated heterocycles. The van der Waals surface area contributed by atoms with Crippen LogP contribution in [0.15, 0.2) is 12.2 Å². The molecule has 0 saturated carbocycles. The summed E-state index contributed by atoms with van der Waals surface area (Å²) in [5, 5.41) is 0.816. The molecule has 2 N–H and O–H groups in total. The maximum Gasteiger partial charge on any atom is 0.0261 e. The van der Waals surface area contributed by atoms with Crippen LogP contribution in [0.5, 0.6) is 0 Å². The lowest BCUT2D eigenvalue weighted by molar-refractivity contribution is 0.927. The molecule has 1 unspecified atom stereocenters. The Kier molecular flexibility index (Phi) is 3.15. The molecule has 52 valence electrons. The molecule has 0 aromatic heterocycles. The fourth-order valence-corrected chi connectivity index (χ4v) is 1.79. The van der Waals surface area contributed by atoms with Crippen LogP contribution in [0.4, 0.5) is 0 Å². The van der Waals surface area contributed by atoms with Crippen LogP contribution in [-0.4, -0.2) is 17.5 Å². The van der Waals surface area contributed by atoms with Crippen molar-refractivity contribution in [3.8, 4) is 0 Å². The molecule has 0 aliphatic heterocycles. The van der Waals surface area contributed by atoms with E-state index in [9.17, 15) is 0 Å². The minimum atomic E-state index is 0.816. The van der Waals surface area contributed by atoms with Gasteiger partial charge in [0.05, 0.1) is 0 Å². The SMILES string of the molecule is NCCCSC1C=CC1. The lowest BCUT2D eigenvalue weighted by Gasteiger charge is -2.15. The molecule has 1 atom stereocenters. The summed E-state index contributed by atoms with van der Waals surface area (Å²) in [7, 11) is 0. The molecule has 0 radical (unpaired) electrons. The van der Waals surface area contributed by atoms with Gasteiger partial charge < -0.3 is 5.73 Å². The summed E-state index contributed by atoms with van der Waals surface area (Å²) < 4.78 is 0. The van der Waals surface area contributed by atoms with Gasteiger partial charge in [-0.05, 0) is 25.1 Å². The van der Waals surface area contributed by atoms with Crippen LogP contribution >= 0.6 is 11.8 Å². The third kappa shape index (κ3) is 2.41. The quantitative estimate of drug-likeness (QED) is 0.475. The molecule has 2 heteroatoms. The van der Waals surface area contributed by atoms with Crippen LogP contribution in [-0.2, 0) is 0 Å². The second kappa shape index (κ2) is 3.96. The van der Waals surface area contributed by atoms with Crippen molar-refractivity contribution in [2.45, 2.75) is 18.1 Å². The summed E-state index contributed by atoms with van der Waals surface area (Å²) in [6.07, 6.45) is 6.92. The van der Waals surface area contributed by atoms with Gasteiger partial charge in [0.1, 0.15) is 0 Å². The van der Waals surface area contributed by atoms with Gasteiger partial charge in [-0.2, -0.15) is 11.8 Å². The van der Waals surface area contributed by atoms with Crippen LogP contribution in [0.25, 0.3) is 0 Å². The Balaban J connectivity index is 1.87. The lowest BCUT2D eigenvalue weighted by atomic mass is 10.1. The minimum absolute atomic E-state index is 0.816. The van der Waals surface area contributed by atoms with Crippen molar-refractivity contribution in [2.75, 3.05) is 12.3 Å². The first-order chi connectivity index (χ1) is 4.43. The topological polar surface area (TPSA) is 26.0 Å². The number of hydrogen-bond acceptors (Lipinski definition) is 2. The maximum absolute atomic E-state index is 5.34. The summed E-state index contributed by atoms with van der Waals surface area (Å²) in [4.78, 5) is 0. The van der Waals surface area contributed by atoms with Crippen LogP contribution in [0.1, 0.15) is 12.8 Å². The van der Waals surface area contributed by atoms with E-state index >= 15 is 0 Å². The molecule has 0 spiro atoms. The van der Waals surface area contributed by atoms with Crippen LogP contribution in [0.3, 0.4) is 0 Å². The average molecular weight is 143 g/mol. The van der Waals surface area contributed by atoms with Crippen molar-refractivity contribution in [1.29, 1.82) is 0 Å². The predicted octanol–water partition coefficient (Wildman–Crippen LogP) is 1.40. The van der Waals surface area contributed by atoms with E-state index in [0.717, 1.165) is 18.2 Å². The summed E-state index contributed by atoms with van der Waals surface area (Å²) in [6, 6.07) is 0. The van der Waals surface area contributed by atoms with E-state index in [-0.39, 0.29) is 0 Å². The zero-order chi connectivity index (χ0) is 6.53. The third-order valence-corrected chi connectivity index (χ3v) is 2.70. The Morgan fingerprint density at radius 2 is 2.44 bits per heavy atom. The Bertz CT molecular complexity index is 101. The molecule has 0 heterocycles. The van der Waals surface area contributed by atoms with E-state index in [0.29, 0.717) is 0 Å². The van der Waals surface area contributed by atoms with E-state index < -0.39 is 0 Å². The van der Waals surface area contributed by atoms with Crippen molar-refractivity contribution in [3.63, 3.8) is 0 Å². The van der Waals surface area contributed by atoms with Gasteiger partial charge in [-0.3, -0.25) is 0 Å². The Morgan fingerprint density at radius 3 is 2.89 bits per heavy atom. The normalized spacial score (nSPS) is 23.9. The summed E-state index contributed by atoms with van der Waals surface area (Å²) >= 11 is 2.02. The first-order valence-electron chi connectivity index (χ1n) is 3.42. The molecule has 1 rings (SSSR count). The van der Waals surface area contributed by atoms with Crippen molar-refractivity contribution in [3.05, 3.63) is 12.2 Å². The molecule has 0 amide bonds. The highest BCUT2D eigenvalue weighted by Crippen LogP contribution is 2.23. The van der Waals surface area contributed by atoms with Gasteiger partial charge in [-0.15, -0.1) is 0 Å². The summed E-state index contributed by atoms with van der Waals surface area (Å²) in [5.74, 6) is 1.23. The van der Waals surface area contributed by atoms with Gasteiger partial charge in [0.2, 0.25) is 0 Å². The number of allylic oxidation sites excluding steroid dienone is 1. The second-order valence-corrected chi connectivity index (χ2v) is 3.56. The van der Waals surface area contributed by atoms with Gasteiger partial charge >= 0.3 is 0 Å². The molecular formula is C7H13NS. The van der Waals surface area contributed by atoms with E-state index in [2.05, 4.69) is 12.2 Å². The highest BCUT2D eigenvalue weighted by atomic mass is 32.2. The van der Waals surface area contributed by atoms with Crippen molar-refractivity contribution >= 4 is 11.8 Å². The fraction of sp³-hybridized carbons (Fsp3) is 0.714. The lowest BCUT2D eigenvalue weighted by Crippen LogP contribution is -2.07. The first-order valence-corrected chi connectivity index (χ1v) is 4.46. The Morgan fingerprint density at radius 1 is 1.67 bits per heavy atom. The number of nitrogens with two attached hydrogens (primary N) is 1. The Labute approximate surface area is 60.7 Å². The predicted molar refractivity (Wildman–Crippen MR) is 43.7 cm³/mol. The van der Waals surface area contributed by atoms with Gasteiger partial charge in [0.25, 0.3) is 0 Å². The van der Waals surface area contributed by atoms with Crippen LogP contribution in [0, 0.1) is 0 Å². The molecule has 1 aliphatic rings. The molecular weight excluding hydrogens is 130 g/mol. The first kappa shape index (κ1) is 7.16. The molecule has 0 bridgehead atoms. The van der Waals surface area contributed by atoms with E-state index in [1.165, 1.54) is 12.2 Å². The molecule has 0 aromatic rings. The smallest absolute Gasteiger partial charge is 0.0261 e. The molecule has 0 aromatic carbocycles. The molecule has 1 aliphatic carbocycles. The largest absolute Gasteiger partial charge is 0.330 e. The zero-order valence-electron chi connectivity index (χ0n) is 5.55. The van der Waals surface area contributed by atoms with Gasteiger partial charge in [-0.1, -0.05) is 12.2 Å². The summed E-state index contributed by atoms with van der Waals surface area (Å²) in [5.41, 5.74) is 5.34. The van der Waals surface area contributed by atoms with Crippen molar-refractivity contribution < 1.29 is 0 Å². The number of thioether (sulfide) groups is 1. The standard InChI is InChI=1S/C7H13NS/c8-5-2-6-9-7-3-1-4-7/h1,3,7H,2,4-6,8H2. The number of hydrogen-bond donors (Lipinski definition) is 1. The van der Waals surface area contributed by atoms with Gasteiger partial charge in [0.15, 0.2) is 0 Å². The monoisotopic (exact) mass is 143 g/mol. The molecule has 0 fully saturated rings. The van der Waals surface area contributed by atoms with E-state index in [1.807, 2.05) is 11.8 Å². The average Bonchev–Trinajstić information content (AvgIpc) is 1.76.